The van der Waals surface area contributed by atoms with Gasteiger partial charge in [0.2, 0.25) is 0 Å². The highest BCUT2D eigenvalue weighted by Gasteiger charge is 2.29. The number of nitrogen functional groups attached to an aromatic ring is 1. The summed E-state index contributed by atoms with van der Waals surface area (Å²) in [5, 5.41) is -0.313. The summed E-state index contributed by atoms with van der Waals surface area (Å²) >= 11 is 0. The third-order valence-electron chi connectivity index (χ3n) is 4.85. The van der Waals surface area contributed by atoms with Crippen LogP contribution in [-0.2, 0) is 21.1 Å². The van der Waals surface area contributed by atoms with Crippen molar-refractivity contribution in [1.82, 2.24) is 0 Å². The van der Waals surface area contributed by atoms with E-state index < -0.39 is 9.84 Å². The van der Waals surface area contributed by atoms with E-state index in [4.69, 9.17) is 5.73 Å². The van der Waals surface area contributed by atoms with Crippen LogP contribution < -0.4 is 5.73 Å². The molecule has 0 aliphatic heterocycles. The van der Waals surface area contributed by atoms with Gasteiger partial charge in [-0.25, -0.2) is 8.42 Å². The van der Waals surface area contributed by atoms with E-state index in [1.165, 1.54) is 0 Å². The molecule has 0 heterocycles. The number of ketones is 1. The number of nitrogens with two attached hydrogens (primary N) is 1. The van der Waals surface area contributed by atoms with Gasteiger partial charge in [-0.3, -0.25) is 4.79 Å². The van der Waals surface area contributed by atoms with E-state index in [2.05, 4.69) is 0 Å². The third-order valence-corrected chi connectivity index (χ3v) is 7.22. The fraction of sp³-hybridized carbons (Fsp3) is 0.611. The zero-order valence-corrected chi connectivity index (χ0v) is 14.8. The number of carbonyl (C=O) groups excluding carboxylic acids is 1. The van der Waals surface area contributed by atoms with E-state index in [1.54, 1.807) is 13.8 Å². The molecule has 1 fully saturated rings. The van der Waals surface area contributed by atoms with Crippen LogP contribution in [0.2, 0.25) is 0 Å². The summed E-state index contributed by atoms with van der Waals surface area (Å²) < 4.78 is 24.0. The number of Topliss-reactive ketones (excluding diaryl/α,β-unsaturated/α-hetero) is 1. The molecule has 1 aliphatic carbocycles. The number of anilines is 1. The molecule has 0 spiro atoms. The number of hydrogen-bond acceptors (Lipinski definition) is 4. The predicted molar refractivity (Wildman–Crippen MR) is 93.9 cm³/mol. The van der Waals surface area contributed by atoms with Crippen molar-refractivity contribution >= 4 is 21.3 Å². The first-order valence-corrected chi connectivity index (χ1v) is 10.1. The second-order valence-electron chi connectivity index (χ2n) is 6.98. The lowest BCUT2D eigenvalue weighted by Crippen LogP contribution is -2.29. The number of hydrogen-bond donors (Lipinski definition) is 1. The van der Waals surface area contributed by atoms with E-state index in [-0.39, 0.29) is 28.6 Å². The van der Waals surface area contributed by atoms with Crippen molar-refractivity contribution in [1.29, 1.82) is 0 Å². The van der Waals surface area contributed by atoms with Gasteiger partial charge in [-0.05, 0) is 63.1 Å². The molecule has 1 aromatic rings. The highest BCUT2D eigenvalue weighted by molar-refractivity contribution is 7.91. The molecule has 1 saturated carbocycles. The first-order chi connectivity index (χ1) is 10.8. The van der Waals surface area contributed by atoms with Crippen LogP contribution in [0.4, 0.5) is 5.69 Å². The van der Waals surface area contributed by atoms with Crippen molar-refractivity contribution in [2.45, 2.75) is 51.2 Å². The summed E-state index contributed by atoms with van der Waals surface area (Å²) in [6.45, 7) is 3.47. The van der Waals surface area contributed by atoms with E-state index in [1.807, 2.05) is 24.3 Å². The molecular formula is C18H27NO3S. The Morgan fingerprint density at radius 1 is 1.13 bits per heavy atom. The molecule has 1 aromatic carbocycles. The van der Waals surface area contributed by atoms with Crippen molar-refractivity contribution in [2.75, 3.05) is 11.5 Å². The molecule has 0 radical (unpaired) electrons. The van der Waals surface area contributed by atoms with Crippen LogP contribution in [0.25, 0.3) is 0 Å². The number of benzene rings is 1. The van der Waals surface area contributed by atoms with Gasteiger partial charge in [0.15, 0.2) is 9.84 Å². The van der Waals surface area contributed by atoms with Crippen LogP contribution in [0, 0.1) is 11.8 Å². The Balaban J connectivity index is 1.84. The molecule has 2 N–H and O–H groups in total. The molecule has 128 valence electrons. The highest BCUT2D eigenvalue weighted by Crippen LogP contribution is 2.31. The van der Waals surface area contributed by atoms with Gasteiger partial charge in [-0.1, -0.05) is 12.1 Å². The Bertz CT molecular complexity index is 627. The first kappa shape index (κ1) is 18.0. The Hall–Kier alpha value is -1.36. The van der Waals surface area contributed by atoms with Crippen molar-refractivity contribution in [2.24, 2.45) is 11.8 Å². The quantitative estimate of drug-likeness (QED) is 0.810. The van der Waals surface area contributed by atoms with E-state index in [0.29, 0.717) is 12.1 Å². The van der Waals surface area contributed by atoms with Crippen LogP contribution in [-0.4, -0.2) is 25.2 Å². The molecule has 0 atom stereocenters. The smallest absolute Gasteiger partial charge is 0.152 e. The average molecular weight is 337 g/mol. The van der Waals surface area contributed by atoms with Crippen molar-refractivity contribution in [3.05, 3.63) is 29.8 Å². The fourth-order valence-electron chi connectivity index (χ4n) is 3.15. The summed E-state index contributed by atoms with van der Waals surface area (Å²) in [4.78, 5) is 12.4. The topological polar surface area (TPSA) is 77.2 Å². The van der Waals surface area contributed by atoms with E-state index >= 15 is 0 Å². The fourth-order valence-corrected chi connectivity index (χ4v) is 4.53. The van der Waals surface area contributed by atoms with Gasteiger partial charge in [0.25, 0.3) is 0 Å². The summed E-state index contributed by atoms with van der Waals surface area (Å²) in [6, 6.07) is 7.43. The minimum absolute atomic E-state index is 0.0746. The Morgan fingerprint density at radius 3 is 2.22 bits per heavy atom. The molecular weight excluding hydrogens is 310 g/mol. The van der Waals surface area contributed by atoms with Crippen LogP contribution in [0.1, 0.15) is 45.1 Å². The lowest BCUT2D eigenvalue weighted by atomic mass is 9.79. The van der Waals surface area contributed by atoms with E-state index in [0.717, 1.165) is 31.2 Å². The Kier molecular flexibility index (Phi) is 5.84. The predicted octanol–water partition coefficient (Wildman–Crippen LogP) is 3.01. The van der Waals surface area contributed by atoms with Crippen molar-refractivity contribution in [3.63, 3.8) is 0 Å². The largest absolute Gasteiger partial charge is 0.399 e. The first-order valence-electron chi connectivity index (χ1n) is 8.36. The van der Waals surface area contributed by atoms with Gasteiger partial charge in [0.05, 0.1) is 11.0 Å². The normalized spacial score (nSPS) is 22.2. The number of sulfone groups is 1. The summed E-state index contributed by atoms with van der Waals surface area (Å²) in [7, 11) is -2.98. The number of carbonyl (C=O) groups is 1. The van der Waals surface area contributed by atoms with Gasteiger partial charge in [0.1, 0.15) is 5.78 Å². The third kappa shape index (κ3) is 5.06. The molecule has 1 aliphatic rings. The summed E-state index contributed by atoms with van der Waals surface area (Å²) in [5.41, 5.74) is 7.35. The van der Waals surface area contributed by atoms with Crippen molar-refractivity contribution in [3.8, 4) is 0 Å². The van der Waals surface area contributed by atoms with Crippen LogP contribution in [0.5, 0.6) is 0 Å². The van der Waals surface area contributed by atoms with Crippen LogP contribution >= 0.6 is 0 Å². The molecule has 2 rings (SSSR count). The SMILES string of the molecule is CC(C)S(=O)(=O)CC1CCC(C(=O)Cc2ccc(N)cc2)CC1. The molecule has 0 unspecified atom stereocenters. The van der Waals surface area contributed by atoms with Crippen LogP contribution in [0.15, 0.2) is 24.3 Å². The molecule has 4 nitrogen and oxygen atoms in total. The van der Waals surface area contributed by atoms with Gasteiger partial charge in [-0.15, -0.1) is 0 Å². The lowest BCUT2D eigenvalue weighted by molar-refractivity contribution is -0.123. The van der Waals surface area contributed by atoms with Crippen molar-refractivity contribution < 1.29 is 13.2 Å². The minimum Gasteiger partial charge on any atom is -0.399 e. The Morgan fingerprint density at radius 2 is 1.70 bits per heavy atom. The molecule has 0 saturated heterocycles. The van der Waals surface area contributed by atoms with Gasteiger partial charge < -0.3 is 5.73 Å². The maximum atomic E-state index is 12.4. The summed E-state index contributed by atoms with van der Waals surface area (Å²) in [5.74, 6) is 0.817. The second-order valence-corrected chi connectivity index (χ2v) is 9.58. The van der Waals surface area contributed by atoms with Gasteiger partial charge >= 0.3 is 0 Å². The maximum absolute atomic E-state index is 12.4. The molecule has 0 bridgehead atoms. The lowest BCUT2D eigenvalue weighted by Gasteiger charge is -2.28. The zero-order valence-electron chi connectivity index (χ0n) is 14.0. The highest BCUT2D eigenvalue weighted by atomic mass is 32.2. The molecule has 0 aromatic heterocycles. The van der Waals surface area contributed by atoms with Gasteiger partial charge in [-0.2, -0.15) is 0 Å². The average Bonchev–Trinajstić information content (AvgIpc) is 2.49. The van der Waals surface area contributed by atoms with E-state index in [9.17, 15) is 13.2 Å². The Labute approximate surface area is 139 Å². The molecule has 5 heteroatoms. The van der Waals surface area contributed by atoms with Crippen LogP contribution in [0.3, 0.4) is 0 Å². The maximum Gasteiger partial charge on any atom is 0.152 e. The summed E-state index contributed by atoms with van der Waals surface area (Å²) in [6.07, 6.45) is 3.74. The molecule has 23 heavy (non-hydrogen) atoms. The zero-order chi connectivity index (χ0) is 17.0. The molecule has 0 amide bonds. The standard InChI is InChI=1S/C18H27NO3S/c1-13(2)23(21,22)12-15-3-7-16(8-4-15)18(20)11-14-5-9-17(19)10-6-14/h5-6,9-10,13,15-16H,3-4,7-8,11-12,19H2,1-2H3. The monoisotopic (exact) mass is 337 g/mol. The second kappa shape index (κ2) is 7.47. The van der Waals surface area contributed by atoms with Gasteiger partial charge in [0, 0.05) is 18.0 Å². The number of rotatable bonds is 6. The minimum atomic E-state index is -2.98.